The van der Waals surface area contributed by atoms with Gasteiger partial charge in [-0.25, -0.2) is 5.10 Å². The second-order valence-corrected chi connectivity index (χ2v) is 5.55. The van der Waals surface area contributed by atoms with E-state index in [0.29, 0.717) is 17.2 Å². The number of aromatic amines is 1. The van der Waals surface area contributed by atoms with Crippen molar-refractivity contribution in [1.29, 1.82) is 0 Å². The van der Waals surface area contributed by atoms with Gasteiger partial charge in [-0.1, -0.05) is 48.5 Å². The van der Waals surface area contributed by atoms with E-state index in [-0.39, 0.29) is 0 Å². The zero-order chi connectivity index (χ0) is 17.5. The fourth-order valence-electron chi connectivity index (χ4n) is 2.30. The Kier molecular flexibility index (Phi) is 5.53. The van der Waals surface area contributed by atoms with Crippen LogP contribution in [0.25, 0.3) is 17.5 Å². The predicted octanol–water partition coefficient (Wildman–Crippen LogP) is 4.55. The average Bonchev–Trinajstić information content (AvgIpc) is 3.01. The van der Waals surface area contributed by atoms with E-state index in [4.69, 9.17) is 17.0 Å². The van der Waals surface area contributed by atoms with Crippen LogP contribution in [0.15, 0.2) is 65.8 Å². The molecule has 0 aliphatic carbocycles. The van der Waals surface area contributed by atoms with E-state index in [1.54, 1.807) is 10.9 Å². The van der Waals surface area contributed by atoms with Crippen molar-refractivity contribution in [1.82, 2.24) is 14.9 Å². The molecule has 0 saturated carbocycles. The Labute approximate surface area is 151 Å². The summed E-state index contributed by atoms with van der Waals surface area (Å²) in [6.45, 7) is 2.56. The van der Waals surface area contributed by atoms with Crippen LogP contribution in [0.4, 0.5) is 0 Å². The first-order valence-electron chi connectivity index (χ1n) is 7.94. The highest BCUT2D eigenvalue weighted by Gasteiger charge is 2.08. The highest BCUT2D eigenvalue weighted by atomic mass is 32.1. The smallest absolute Gasteiger partial charge is 0.216 e. The molecule has 1 N–H and O–H groups in total. The summed E-state index contributed by atoms with van der Waals surface area (Å²) in [7, 11) is 0. The van der Waals surface area contributed by atoms with Crippen molar-refractivity contribution < 1.29 is 4.74 Å². The lowest BCUT2D eigenvalue weighted by molar-refractivity contribution is 0.340. The van der Waals surface area contributed by atoms with Gasteiger partial charge in [0, 0.05) is 11.8 Å². The number of allylic oxidation sites excluding steroid dienone is 1. The van der Waals surface area contributed by atoms with Gasteiger partial charge >= 0.3 is 0 Å². The van der Waals surface area contributed by atoms with E-state index in [1.807, 2.05) is 73.7 Å². The molecule has 0 unspecified atom stereocenters. The van der Waals surface area contributed by atoms with Crippen molar-refractivity contribution in [3.8, 4) is 17.1 Å². The molecule has 0 bridgehead atoms. The second kappa shape index (κ2) is 8.21. The summed E-state index contributed by atoms with van der Waals surface area (Å²) in [5, 5.41) is 11.5. The van der Waals surface area contributed by atoms with Crippen LogP contribution in [0.5, 0.6) is 5.75 Å². The number of hydrogen-bond acceptors (Lipinski definition) is 4. The molecule has 0 fully saturated rings. The number of aromatic nitrogens is 3. The third-order valence-corrected chi connectivity index (χ3v) is 3.67. The molecule has 1 aromatic heterocycles. The maximum Gasteiger partial charge on any atom is 0.216 e. The van der Waals surface area contributed by atoms with Gasteiger partial charge in [0.2, 0.25) is 4.77 Å². The van der Waals surface area contributed by atoms with Gasteiger partial charge in [-0.2, -0.15) is 14.9 Å². The summed E-state index contributed by atoms with van der Waals surface area (Å²) in [6.07, 6.45) is 5.53. The molecular weight excluding hydrogens is 332 g/mol. The van der Waals surface area contributed by atoms with Crippen molar-refractivity contribution in [2.75, 3.05) is 6.61 Å². The summed E-state index contributed by atoms with van der Waals surface area (Å²) < 4.78 is 7.56. The molecule has 0 aliphatic rings. The summed E-state index contributed by atoms with van der Waals surface area (Å²) in [5.41, 5.74) is 1.98. The van der Waals surface area contributed by atoms with Gasteiger partial charge < -0.3 is 4.74 Å². The van der Waals surface area contributed by atoms with Gasteiger partial charge in [0.05, 0.1) is 6.61 Å². The Morgan fingerprint density at radius 2 is 2.04 bits per heavy atom. The molecule has 0 spiro atoms. The summed E-state index contributed by atoms with van der Waals surface area (Å²) in [5.74, 6) is 1.42. The molecule has 0 aliphatic heterocycles. The topological polar surface area (TPSA) is 55.2 Å². The largest absolute Gasteiger partial charge is 0.494 e. The molecule has 0 amide bonds. The maximum absolute atomic E-state index is 5.54. The zero-order valence-corrected chi connectivity index (χ0v) is 14.6. The minimum Gasteiger partial charge on any atom is -0.494 e. The standard InChI is InChI=1S/C19H18N4OS/c1-2-24-17-12-6-11-16(14-17)18-21-22-19(25)23(18)20-13-7-10-15-8-4-3-5-9-15/h3-14H,2H2,1H3,(H,22,25)/b10-7+,20-13-. The lowest BCUT2D eigenvalue weighted by Gasteiger charge is -2.05. The zero-order valence-electron chi connectivity index (χ0n) is 13.8. The van der Waals surface area contributed by atoms with E-state index in [1.165, 1.54) is 0 Å². The Balaban J connectivity index is 1.85. The van der Waals surface area contributed by atoms with Crippen LogP contribution in [0.2, 0.25) is 0 Å². The first kappa shape index (κ1) is 16.9. The molecule has 126 valence electrons. The molecule has 1 heterocycles. The van der Waals surface area contributed by atoms with Gasteiger partial charge in [0.15, 0.2) is 5.82 Å². The van der Waals surface area contributed by atoms with Crippen molar-refractivity contribution in [3.05, 3.63) is 71.0 Å². The predicted molar refractivity (Wildman–Crippen MR) is 103 cm³/mol. The molecule has 25 heavy (non-hydrogen) atoms. The highest BCUT2D eigenvalue weighted by molar-refractivity contribution is 7.71. The first-order valence-corrected chi connectivity index (χ1v) is 8.35. The second-order valence-electron chi connectivity index (χ2n) is 5.16. The number of nitrogens with one attached hydrogen (secondary N) is 1. The molecule has 2 aromatic carbocycles. The minimum atomic E-state index is 0.432. The van der Waals surface area contributed by atoms with Gasteiger partial charge in [-0.15, -0.1) is 0 Å². The van der Waals surface area contributed by atoms with Crippen LogP contribution < -0.4 is 4.74 Å². The number of ether oxygens (including phenoxy) is 1. The third kappa shape index (κ3) is 4.30. The number of hydrogen-bond donors (Lipinski definition) is 1. The van der Waals surface area contributed by atoms with E-state index in [0.717, 1.165) is 16.9 Å². The van der Waals surface area contributed by atoms with Crippen molar-refractivity contribution in [3.63, 3.8) is 0 Å². The summed E-state index contributed by atoms with van der Waals surface area (Å²) in [4.78, 5) is 0. The van der Waals surface area contributed by atoms with E-state index in [9.17, 15) is 0 Å². The molecule has 0 atom stereocenters. The molecular formula is C19H18N4OS. The number of rotatable bonds is 6. The van der Waals surface area contributed by atoms with Crippen LogP contribution in [-0.4, -0.2) is 27.7 Å². The number of benzene rings is 2. The van der Waals surface area contributed by atoms with Gasteiger partial charge in [0.1, 0.15) is 5.75 Å². The van der Waals surface area contributed by atoms with E-state index in [2.05, 4.69) is 15.3 Å². The third-order valence-electron chi connectivity index (χ3n) is 3.41. The Morgan fingerprint density at radius 1 is 1.20 bits per heavy atom. The number of H-pyrrole nitrogens is 1. The number of nitrogens with zero attached hydrogens (tertiary/aromatic N) is 3. The minimum absolute atomic E-state index is 0.432. The molecule has 0 radical (unpaired) electrons. The first-order chi connectivity index (χ1) is 12.3. The fourth-order valence-corrected chi connectivity index (χ4v) is 2.48. The summed E-state index contributed by atoms with van der Waals surface area (Å²) in [6, 6.07) is 17.7. The average molecular weight is 350 g/mol. The van der Waals surface area contributed by atoms with Gasteiger partial charge in [0.25, 0.3) is 0 Å². The monoisotopic (exact) mass is 350 g/mol. The van der Waals surface area contributed by atoms with Crippen LogP contribution >= 0.6 is 12.2 Å². The normalized spacial score (nSPS) is 11.4. The van der Waals surface area contributed by atoms with Crippen molar-refractivity contribution in [2.24, 2.45) is 5.10 Å². The molecule has 5 nitrogen and oxygen atoms in total. The van der Waals surface area contributed by atoms with Crippen molar-refractivity contribution in [2.45, 2.75) is 6.92 Å². The van der Waals surface area contributed by atoms with Crippen molar-refractivity contribution >= 4 is 24.5 Å². The SMILES string of the molecule is CCOc1cccc(-c2n[nH]c(=S)n2/N=C\C=C\c2ccccc2)c1. The van der Waals surface area contributed by atoms with Crippen LogP contribution in [-0.2, 0) is 0 Å². The fraction of sp³-hybridized carbons (Fsp3) is 0.105. The molecule has 0 saturated heterocycles. The van der Waals surface area contributed by atoms with Crippen LogP contribution in [0.1, 0.15) is 12.5 Å². The van der Waals surface area contributed by atoms with Crippen LogP contribution in [0.3, 0.4) is 0 Å². The van der Waals surface area contributed by atoms with Gasteiger partial charge in [-0.3, -0.25) is 0 Å². The molecule has 6 heteroatoms. The van der Waals surface area contributed by atoms with Crippen LogP contribution in [0, 0.1) is 4.77 Å². The Morgan fingerprint density at radius 3 is 2.84 bits per heavy atom. The highest BCUT2D eigenvalue weighted by Crippen LogP contribution is 2.22. The Bertz CT molecular complexity index is 941. The lowest BCUT2D eigenvalue weighted by Crippen LogP contribution is -1.95. The molecule has 3 aromatic rings. The molecule has 3 rings (SSSR count). The van der Waals surface area contributed by atoms with E-state index < -0.39 is 0 Å². The van der Waals surface area contributed by atoms with Gasteiger partial charge in [-0.05, 0) is 42.9 Å². The Hall–Kier alpha value is -2.99. The quantitative estimate of drug-likeness (QED) is 0.524. The summed E-state index contributed by atoms with van der Waals surface area (Å²) >= 11 is 5.28. The lowest BCUT2D eigenvalue weighted by atomic mass is 10.2. The maximum atomic E-state index is 5.54. The van der Waals surface area contributed by atoms with E-state index >= 15 is 0 Å².